The monoisotopic (exact) mass is 389 g/mol. The molecule has 1 amide bonds. The average Bonchev–Trinajstić information content (AvgIpc) is 2.58. The van der Waals surface area contributed by atoms with E-state index in [0.29, 0.717) is 0 Å². The Kier molecular flexibility index (Phi) is 4.30. The number of alkyl halides is 3. The summed E-state index contributed by atoms with van der Waals surface area (Å²) >= 11 is 0. The van der Waals surface area contributed by atoms with Gasteiger partial charge in [0.05, 0.1) is 12.8 Å². The molecule has 0 saturated heterocycles. The lowest BCUT2D eigenvalue weighted by Crippen LogP contribution is -2.42. The molecule has 144 valence electrons. The van der Waals surface area contributed by atoms with E-state index in [1.807, 2.05) is 0 Å². The fraction of sp³-hybridized carbons (Fsp3) is 0.267. The highest BCUT2D eigenvalue weighted by Crippen LogP contribution is 2.35. The Morgan fingerprint density at radius 3 is 2.37 bits per heavy atom. The minimum atomic E-state index is -4.95. The van der Waals surface area contributed by atoms with Crippen LogP contribution < -0.4 is 21.0 Å². The lowest BCUT2D eigenvalue weighted by molar-refractivity contribution is -0.144. The summed E-state index contributed by atoms with van der Waals surface area (Å²) in [5.41, 5.74) is -5.06. The summed E-state index contributed by atoms with van der Waals surface area (Å²) in [6, 6.07) is 1.88. The maximum absolute atomic E-state index is 14.5. The van der Waals surface area contributed by atoms with E-state index in [1.165, 1.54) is 0 Å². The van der Waals surface area contributed by atoms with Gasteiger partial charge in [-0.2, -0.15) is 18.2 Å². The van der Waals surface area contributed by atoms with Gasteiger partial charge in [-0.05, 0) is 6.07 Å². The number of carbonyl (C=O) groups is 1. The molecule has 27 heavy (non-hydrogen) atoms. The van der Waals surface area contributed by atoms with Gasteiger partial charge >= 0.3 is 11.9 Å². The average molecular weight is 389 g/mol. The first-order chi connectivity index (χ1) is 12.6. The molecule has 0 N–H and O–H groups in total. The predicted molar refractivity (Wildman–Crippen MR) is 82.2 cm³/mol. The van der Waals surface area contributed by atoms with Crippen molar-refractivity contribution in [2.45, 2.75) is 6.18 Å². The van der Waals surface area contributed by atoms with Gasteiger partial charge in [-0.15, -0.1) is 0 Å². The Morgan fingerprint density at radius 2 is 1.78 bits per heavy atom. The van der Waals surface area contributed by atoms with Gasteiger partial charge in [0.2, 0.25) is 0 Å². The van der Waals surface area contributed by atoms with Crippen LogP contribution >= 0.6 is 0 Å². The van der Waals surface area contributed by atoms with Crippen molar-refractivity contribution in [3.05, 3.63) is 50.5 Å². The topological polar surface area (TPSA) is 82.8 Å². The van der Waals surface area contributed by atoms with Crippen molar-refractivity contribution in [3.8, 4) is 11.4 Å². The number of halogens is 4. The van der Waals surface area contributed by atoms with Crippen molar-refractivity contribution in [1.82, 2.24) is 9.13 Å². The van der Waals surface area contributed by atoms with E-state index in [4.69, 9.17) is 9.57 Å². The van der Waals surface area contributed by atoms with Crippen LogP contribution in [0, 0.1) is 5.82 Å². The van der Waals surface area contributed by atoms with E-state index < -0.39 is 47.1 Å². The van der Waals surface area contributed by atoms with Crippen molar-refractivity contribution in [1.29, 1.82) is 0 Å². The highest BCUT2D eigenvalue weighted by molar-refractivity contribution is 5.96. The third kappa shape index (κ3) is 2.97. The number of rotatable bonds is 2. The normalized spacial score (nSPS) is 14.1. The van der Waals surface area contributed by atoms with Gasteiger partial charge in [-0.3, -0.25) is 19.0 Å². The van der Waals surface area contributed by atoms with E-state index in [1.54, 1.807) is 0 Å². The first kappa shape index (κ1) is 18.6. The van der Waals surface area contributed by atoms with Crippen molar-refractivity contribution < 1.29 is 31.9 Å². The van der Waals surface area contributed by atoms with Crippen LogP contribution in [0.3, 0.4) is 0 Å². The number of carbonyl (C=O) groups excluding carboxylic acids is 1. The van der Waals surface area contributed by atoms with Gasteiger partial charge < -0.3 is 4.74 Å². The number of ether oxygens (including phenoxy) is 1. The van der Waals surface area contributed by atoms with Gasteiger partial charge in [-0.1, -0.05) is 0 Å². The number of amides is 1. The summed E-state index contributed by atoms with van der Waals surface area (Å²) in [6.07, 6.45) is -4.95. The van der Waals surface area contributed by atoms with E-state index in [2.05, 4.69) is 0 Å². The minimum Gasteiger partial charge on any atom is -0.481 e. The molecule has 3 rings (SSSR count). The molecular formula is C15H11F4N3O5. The molecule has 0 atom stereocenters. The molecular weight excluding hydrogens is 378 g/mol. The lowest BCUT2D eigenvalue weighted by atomic mass is 10.2. The molecule has 0 saturated carbocycles. The molecule has 1 aliphatic rings. The molecule has 0 bridgehead atoms. The molecule has 1 aliphatic heterocycles. The molecule has 8 nitrogen and oxygen atoms in total. The quantitative estimate of drug-likeness (QED) is 0.716. The van der Waals surface area contributed by atoms with Crippen LogP contribution in [-0.4, -0.2) is 28.8 Å². The molecule has 0 unspecified atom stereocenters. The van der Waals surface area contributed by atoms with E-state index in [-0.39, 0.29) is 26.6 Å². The number of hydroxylamine groups is 1. The highest BCUT2D eigenvalue weighted by atomic mass is 19.4. The van der Waals surface area contributed by atoms with Crippen LogP contribution in [-0.2, 0) is 22.9 Å². The SMILES string of the molecule is CON1C(=O)COc2cc(F)c(-n3c(=O)cc(C(F)(F)F)n(C)c3=O)cc21. The van der Waals surface area contributed by atoms with Gasteiger partial charge in [0.1, 0.15) is 17.1 Å². The summed E-state index contributed by atoms with van der Waals surface area (Å²) in [5, 5.41) is 0.751. The molecule has 1 aromatic heterocycles. The van der Waals surface area contributed by atoms with E-state index in [9.17, 15) is 31.9 Å². The summed E-state index contributed by atoms with van der Waals surface area (Å²) in [6.45, 7) is -0.429. The van der Waals surface area contributed by atoms with Crippen LogP contribution in [0.1, 0.15) is 5.69 Å². The lowest BCUT2D eigenvalue weighted by Gasteiger charge is -2.27. The second kappa shape index (κ2) is 6.23. The predicted octanol–water partition coefficient (Wildman–Crippen LogP) is 0.981. The van der Waals surface area contributed by atoms with Crippen LogP contribution in [0.5, 0.6) is 5.75 Å². The van der Waals surface area contributed by atoms with Gasteiger partial charge in [0, 0.05) is 19.2 Å². The maximum atomic E-state index is 14.5. The second-order valence-electron chi connectivity index (χ2n) is 5.47. The highest BCUT2D eigenvalue weighted by Gasteiger charge is 2.35. The zero-order valence-electron chi connectivity index (χ0n) is 13.8. The zero-order valence-corrected chi connectivity index (χ0v) is 13.8. The number of nitrogens with zero attached hydrogens (tertiary/aromatic N) is 3. The molecule has 0 aliphatic carbocycles. The van der Waals surface area contributed by atoms with Gasteiger partial charge in [0.15, 0.2) is 12.4 Å². The number of anilines is 1. The summed E-state index contributed by atoms with van der Waals surface area (Å²) in [4.78, 5) is 41.1. The van der Waals surface area contributed by atoms with Crippen molar-refractivity contribution in [2.75, 3.05) is 18.8 Å². The van der Waals surface area contributed by atoms with Crippen LogP contribution in [0.25, 0.3) is 5.69 Å². The molecule has 2 aromatic rings. The third-order valence-corrected chi connectivity index (χ3v) is 3.86. The Morgan fingerprint density at radius 1 is 1.11 bits per heavy atom. The number of benzene rings is 1. The largest absolute Gasteiger partial charge is 0.481 e. The zero-order chi connectivity index (χ0) is 20.1. The van der Waals surface area contributed by atoms with Crippen LogP contribution in [0.15, 0.2) is 27.8 Å². The molecule has 1 aromatic carbocycles. The number of fused-ring (bicyclic) bond motifs is 1. The van der Waals surface area contributed by atoms with Crippen molar-refractivity contribution in [2.24, 2.45) is 7.05 Å². The Bertz CT molecular complexity index is 1060. The molecule has 0 spiro atoms. The van der Waals surface area contributed by atoms with Crippen molar-refractivity contribution >= 4 is 11.6 Å². The van der Waals surface area contributed by atoms with E-state index >= 15 is 0 Å². The fourth-order valence-corrected chi connectivity index (χ4v) is 2.63. The first-order valence-corrected chi connectivity index (χ1v) is 7.30. The van der Waals surface area contributed by atoms with Gasteiger partial charge in [0.25, 0.3) is 11.5 Å². The van der Waals surface area contributed by atoms with Gasteiger partial charge in [-0.25, -0.2) is 13.8 Å². The number of hydrogen-bond donors (Lipinski definition) is 0. The summed E-state index contributed by atoms with van der Waals surface area (Å²) in [7, 11) is 1.95. The third-order valence-electron chi connectivity index (χ3n) is 3.86. The minimum absolute atomic E-state index is 0.102. The first-order valence-electron chi connectivity index (χ1n) is 7.30. The maximum Gasteiger partial charge on any atom is 0.431 e. The Hall–Kier alpha value is -3.15. The Balaban J connectivity index is 2.29. The summed E-state index contributed by atoms with van der Waals surface area (Å²) in [5.74, 6) is -1.86. The Labute approximate surface area is 147 Å². The molecule has 0 radical (unpaired) electrons. The summed E-state index contributed by atoms with van der Waals surface area (Å²) < 4.78 is 58.7. The number of hydrogen-bond acceptors (Lipinski definition) is 5. The second-order valence-corrected chi connectivity index (χ2v) is 5.47. The molecule has 12 heteroatoms. The van der Waals surface area contributed by atoms with Crippen LogP contribution in [0.2, 0.25) is 0 Å². The molecule has 2 heterocycles. The van der Waals surface area contributed by atoms with E-state index in [0.717, 1.165) is 31.4 Å². The smallest absolute Gasteiger partial charge is 0.431 e. The molecule has 0 fully saturated rings. The fourth-order valence-electron chi connectivity index (χ4n) is 2.63. The van der Waals surface area contributed by atoms with Crippen LogP contribution in [0.4, 0.5) is 23.2 Å². The standard InChI is InChI=1S/C15H11F4N3O5/c1-20-11(15(17,18)19)5-12(23)21(14(20)25)8-4-9-10(3-7(8)16)27-6-13(24)22(9)26-2/h3-5H,6H2,1-2H3. The van der Waals surface area contributed by atoms with Crippen molar-refractivity contribution in [3.63, 3.8) is 0 Å². The number of aromatic nitrogens is 2.